The van der Waals surface area contributed by atoms with Crippen LogP contribution in [0.3, 0.4) is 0 Å². The van der Waals surface area contributed by atoms with Crippen molar-refractivity contribution in [1.82, 2.24) is 5.32 Å². The second kappa shape index (κ2) is 7.06. The summed E-state index contributed by atoms with van der Waals surface area (Å²) in [6, 6.07) is 13.3. The maximum absolute atomic E-state index is 13.2. The van der Waals surface area contributed by atoms with Crippen LogP contribution in [-0.4, -0.2) is 6.61 Å². The smallest absolute Gasteiger partial charge is 0.126 e. The van der Waals surface area contributed by atoms with Gasteiger partial charge in [0.1, 0.15) is 11.6 Å². The molecule has 0 aliphatic heterocycles. The lowest BCUT2D eigenvalue weighted by Gasteiger charge is -2.08. The predicted molar refractivity (Wildman–Crippen MR) is 79.3 cm³/mol. The maximum Gasteiger partial charge on any atom is 0.126 e. The molecule has 0 heterocycles. The lowest BCUT2D eigenvalue weighted by Crippen LogP contribution is -2.12. The van der Waals surface area contributed by atoms with Gasteiger partial charge < -0.3 is 10.1 Å². The van der Waals surface area contributed by atoms with E-state index in [-0.39, 0.29) is 5.82 Å². The quantitative estimate of drug-likeness (QED) is 0.864. The van der Waals surface area contributed by atoms with Crippen LogP contribution in [0.5, 0.6) is 5.75 Å². The molecule has 0 amide bonds. The molecule has 2 nitrogen and oxygen atoms in total. The van der Waals surface area contributed by atoms with E-state index in [0.29, 0.717) is 12.2 Å². The molecule has 1 N–H and O–H groups in total. The molecule has 0 saturated heterocycles. The van der Waals surface area contributed by atoms with Gasteiger partial charge in [0.15, 0.2) is 0 Å². The molecule has 106 valence electrons. The molecule has 0 bridgehead atoms. The summed E-state index contributed by atoms with van der Waals surface area (Å²) >= 11 is 0. The van der Waals surface area contributed by atoms with Crippen LogP contribution in [0, 0.1) is 12.7 Å². The summed E-state index contributed by atoms with van der Waals surface area (Å²) in [6.45, 7) is 5.95. The number of hydrogen-bond acceptors (Lipinski definition) is 2. The highest BCUT2D eigenvalue weighted by Crippen LogP contribution is 2.12. The molecule has 3 heteroatoms. The Morgan fingerprint density at radius 3 is 2.30 bits per heavy atom. The van der Waals surface area contributed by atoms with Crippen molar-refractivity contribution >= 4 is 0 Å². The van der Waals surface area contributed by atoms with Crippen LogP contribution in [-0.2, 0) is 13.1 Å². The van der Waals surface area contributed by atoms with E-state index in [0.717, 1.165) is 24.4 Å². The molecule has 0 aliphatic carbocycles. The summed E-state index contributed by atoms with van der Waals surface area (Å²) < 4.78 is 18.6. The van der Waals surface area contributed by atoms with E-state index in [1.807, 2.05) is 43.3 Å². The Bertz CT molecular complexity index is 551. The second-order valence-electron chi connectivity index (χ2n) is 4.76. The minimum Gasteiger partial charge on any atom is -0.494 e. The number of halogens is 1. The van der Waals surface area contributed by atoms with Gasteiger partial charge >= 0.3 is 0 Å². The Morgan fingerprint density at radius 1 is 1.00 bits per heavy atom. The van der Waals surface area contributed by atoms with Gasteiger partial charge in [-0.2, -0.15) is 0 Å². The van der Waals surface area contributed by atoms with Gasteiger partial charge in [0.25, 0.3) is 0 Å². The van der Waals surface area contributed by atoms with Crippen molar-refractivity contribution in [3.8, 4) is 5.75 Å². The molecule has 2 rings (SSSR count). The van der Waals surface area contributed by atoms with Crippen molar-refractivity contribution in [1.29, 1.82) is 0 Å². The number of benzene rings is 2. The number of ether oxygens (including phenoxy) is 1. The van der Waals surface area contributed by atoms with E-state index in [9.17, 15) is 4.39 Å². The molecule has 0 unspecified atom stereocenters. The fourth-order valence-electron chi connectivity index (χ4n) is 2.04. The Labute approximate surface area is 119 Å². The molecular formula is C17H20FNO. The van der Waals surface area contributed by atoms with E-state index in [1.165, 1.54) is 11.6 Å². The molecule has 0 saturated carbocycles. The van der Waals surface area contributed by atoms with Gasteiger partial charge in [0.2, 0.25) is 0 Å². The lowest BCUT2D eigenvalue weighted by molar-refractivity contribution is 0.340. The number of rotatable bonds is 6. The van der Waals surface area contributed by atoms with Gasteiger partial charge in [-0.1, -0.05) is 24.3 Å². The summed E-state index contributed by atoms with van der Waals surface area (Å²) in [7, 11) is 0. The zero-order valence-corrected chi connectivity index (χ0v) is 11.9. The van der Waals surface area contributed by atoms with Crippen molar-refractivity contribution < 1.29 is 9.13 Å². The minimum atomic E-state index is -0.153. The SMILES string of the molecule is CCOc1ccc(CNCc2ccc(F)c(C)c2)cc1. The van der Waals surface area contributed by atoms with Gasteiger partial charge in [-0.05, 0) is 48.7 Å². The first-order valence-corrected chi connectivity index (χ1v) is 6.86. The second-order valence-corrected chi connectivity index (χ2v) is 4.76. The number of aryl methyl sites for hydroxylation is 1. The van der Waals surface area contributed by atoms with Crippen molar-refractivity contribution in [3.63, 3.8) is 0 Å². The van der Waals surface area contributed by atoms with E-state index < -0.39 is 0 Å². The van der Waals surface area contributed by atoms with Gasteiger partial charge in [-0.25, -0.2) is 4.39 Å². The first-order chi connectivity index (χ1) is 9.69. The Hall–Kier alpha value is -1.87. The fraction of sp³-hybridized carbons (Fsp3) is 0.294. The highest BCUT2D eigenvalue weighted by molar-refractivity contribution is 5.27. The van der Waals surface area contributed by atoms with Crippen molar-refractivity contribution in [2.75, 3.05) is 6.61 Å². The molecule has 0 fully saturated rings. The van der Waals surface area contributed by atoms with Crippen LogP contribution in [0.2, 0.25) is 0 Å². The molecule has 0 radical (unpaired) electrons. The van der Waals surface area contributed by atoms with Gasteiger partial charge in [-0.3, -0.25) is 0 Å². The third-order valence-corrected chi connectivity index (χ3v) is 3.11. The van der Waals surface area contributed by atoms with Crippen LogP contribution in [0.25, 0.3) is 0 Å². The zero-order valence-electron chi connectivity index (χ0n) is 11.9. The number of hydrogen-bond donors (Lipinski definition) is 1. The normalized spacial score (nSPS) is 10.6. The molecular weight excluding hydrogens is 253 g/mol. The van der Waals surface area contributed by atoms with Gasteiger partial charge in [0.05, 0.1) is 6.61 Å². The standard InChI is InChI=1S/C17H20FNO/c1-3-20-16-7-4-14(5-8-16)11-19-12-15-6-9-17(18)13(2)10-15/h4-10,19H,3,11-12H2,1-2H3. The molecule has 0 spiro atoms. The summed E-state index contributed by atoms with van der Waals surface area (Å²) in [5.41, 5.74) is 2.98. The van der Waals surface area contributed by atoms with E-state index >= 15 is 0 Å². The highest BCUT2D eigenvalue weighted by Gasteiger charge is 1.99. The van der Waals surface area contributed by atoms with Crippen LogP contribution in [0.15, 0.2) is 42.5 Å². The van der Waals surface area contributed by atoms with Crippen molar-refractivity contribution in [3.05, 3.63) is 65.0 Å². The third-order valence-electron chi connectivity index (χ3n) is 3.11. The number of nitrogens with one attached hydrogen (secondary N) is 1. The summed E-state index contributed by atoms with van der Waals surface area (Å²) in [6.07, 6.45) is 0. The van der Waals surface area contributed by atoms with Crippen LogP contribution < -0.4 is 10.1 Å². The molecule has 0 atom stereocenters. The first kappa shape index (κ1) is 14.5. The Morgan fingerprint density at radius 2 is 1.65 bits per heavy atom. The summed E-state index contributed by atoms with van der Waals surface area (Å²) in [5, 5.41) is 3.35. The Balaban J connectivity index is 1.84. The van der Waals surface area contributed by atoms with Crippen molar-refractivity contribution in [2.45, 2.75) is 26.9 Å². The topological polar surface area (TPSA) is 21.3 Å². The molecule has 2 aromatic carbocycles. The van der Waals surface area contributed by atoms with Crippen LogP contribution in [0.4, 0.5) is 4.39 Å². The van der Waals surface area contributed by atoms with Crippen LogP contribution >= 0.6 is 0 Å². The minimum absolute atomic E-state index is 0.153. The first-order valence-electron chi connectivity index (χ1n) is 6.86. The average molecular weight is 273 g/mol. The molecule has 20 heavy (non-hydrogen) atoms. The summed E-state index contributed by atoms with van der Waals surface area (Å²) in [4.78, 5) is 0. The monoisotopic (exact) mass is 273 g/mol. The average Bonchev–Trinajstić information content (AvgIpc) is 2.45. The van der Waals surface area contributed by atoms with Gasteiger partial charge in [0, 0.05) is 13.1 Å². The van der Waals surface area contributed by atoms with E-state index in [2.05, 4.69) is 5.32 Å². The maximum atomic E-state index is 13.2. The summed E-state index contributed by atoms with van der Waals surface area (Å²) in [5.74, 6) is 0.741. The molecule has 0 aromatic heterocycles. The largest absolute Gasteiger partial charge is 0.494 e. The van der Waals surface area contributed by atoms with Gasteiger partial charge in [-0.15, -0.1) is 0 Å². The van der Waals surface area contributed by atoms with E-state index in [4.69, 9.17) is 4.74 Å². The van der Waals surface area contributed by atoms with E-state index in [1.54, 1.807) is 6.92 Å². The highest BCUT2D eigenvalue weighted by atomic mass is 19.1. The van der Waals surface area contributed by atoms with Crippen LogP contribution in [0.1, 0.15) is 23.6 Å². The predicted octanol–water partition coefficient (Wildman–Crippen LogP) is 3.82. The molecule has 2 aromatic rings. The third kappa shape index (κ3) is 4.07. The van der Waals surface area contributed by atoms with Crippen molar-refractivity contribution in [2.24, 2.45) is 0 Å². The Kier molecular flexibility index (Phi) is 5.13. The fourth-order valence-corrected chi connectivity index (χ4v) is 2.04. The lowest BCUT2D eigenvalue weighted by atomic mass is 10.1. The molecule has 0 aliphatic rings. The zero-order chi connectivity index (χ0) is 14.4.